The quantitative estimate of drug-likeness (QED) is 0.304. The lowest BCUT2D eigenvalue weighted by molar-refractivity contribution is 1.33. The summed E-state index contributed by atoms with van der Waals surface area (Å²) in [7, 11) is 0. The van der Waals surface area contributed by atoms with Gasteiger partial charge in [0, 0.05) is 11.8 Å². The Balaban J connectivity index is 0.000000994. The minimum atomic E-state index is 1.01. The smallest absolute Gasteiger partial charge is 0.0708 e. The van der Waals surface area contributed by atoms with Crippen LogP contribution in [0.3, 0.4) is 0 Å². The van der Waals surface area contributed by atoms with E-state index in [1.165, 1.54) is 43.8 Å². The summed E-state index contributed by atoms with van der Waals surface area (Å²) >= 11 is 0. The predicted molar refractivity (Wildman–Crippen MR) is 126 cm³/mol. The first-order chi connectivity index (χ1) is 14.3. The highest BCUT2D eigenvalue weighted by atomic mass is 14.7. The summed E-state index contributed by atoms with van der Waals surface area (Å²) in [5.41, 5.74) is 6.02. The van der Waals surface area contributed by atoms with Crippen molar-refractivity contribution in [2.75, 3.05) is 0 Å². The third-order valence-electron chi connectivity index (χ3n) is 5.26. The first-order valence-electron chi connectivity index (χ1n) is 10.2. The zero-order valence-corrected chi connectivity index (χ0v) is 17.2. The lowest BCUT2D eigenvalue weighted by atomic mass is 9.86. The van der Waals surface area contributed by atoms with E-state index in [1.54, 1.807) is 0 Å². The molecule has 0 aliphatic carbocycles. The Labute approximate surface area is 172 Å². The van der Waals surface area contributed by atoms with E-state index < -0.39 is 0 Å². The summed E-state index contributed by atoms with van der Waals surface area (Å²) in [5, 5.41) is 5.06. The van der Waals surface area contributed by atoms with Gasteiger partial charge in [-0.1, -0.05) is 92.7 Å². The summed E-state index contributed by atoms with van der Waals surface area (Å²) in [6.07, 6.45) is 1.87. The van der Waals surface area contributed by atoms with Crippen molar-refractivity contribution in [3.8, 4) is 22.4 Å². The molecule has 0 saturated heterocycles. The molecule has 4 aromatic carbocycles. The molecular weight excluding hydrogens is 350 g/mol. The zero-order chi connectivity index (χ0) is 20.2. The highest BCUT2D eigenvalue weighted by Crippen LogP contribution is 2.42. The van der Waals surface area contributed by atoms with Crippen molar-refractivity contribution in [2.24, 2.45) is 0 Å². The molecule has 0 saturated carbocycles. The molecular formula is C28H25N. The van der Waals surface area contributed by atoms with Crippen molar-refractivity contribution in [2.45, 2.75) is 20.8 Å². The lowest BCUT2D eigenvalue weighted by Crippen LogP contribution is -1.93. The molecule has 1 nitrogen and oxygen atoms in total. The van der Waals surface area contributed by atoms with E-state index in [9.17, 15) is 0 Å². The second-order valence-electron chi connectivity index (χ2n) is 6.90. The van der Waals surface area contributed by atoms with Crippen molar-refractivity contribution >= 4 is 21.5 Å². The number of fused-ring (bicyclic) bond motifs is 2. The normalized spacial score (nSPS) is 10.6. The molecule has 0 bridgehead atoms. The second kappa shape index (κ2) is 8.28. The van der Waals surface area contributed by atoms with Crippen LogP contribution in [-0.2, 0) is 0 Å². The van der Waals surface area contributed by atoms with Gasteiger partial charge in [0.25, 0.3) is 0 Å². The van der Waals surface area contributed by atoms with Crippen molar-refractivity contribution in [1.29, 1.82) is 0 Å². The number of aromatic nitrogens is 1. The number of pyridine rings is 1. The number of nitrogens with zero attached hydrogens (tertiary/aromatic N) is 1. The Morgan fingerprint density at radius 2 is 1.14 bits per heavy atom. The lowest BCUT2D eigenvalue weighted by Gasteiger charge is -2.17. The summed E-state index contributed by atoms with van der Waals surface area (Å²) in [6.45, 7) is 6.20. The van der Waals surface area contributed by atoms with Crippen LogP contribution in [-0.4, -0.2) is 4.98 Å². The molecule has 0 N–H and O–H groups in total. The maximum absolute atomic E-state index is 4.65. The summed E-state index contributed by atoms with van der Waals surface area (Å²) < 4.78 is 0. The van der Waals surface area contributed by atoms with Gasteiger partial charge in [-0.15, -0.1) is 0 Å². The van der Waals surface area contributed by atoms with E-state index in [1.807, 2.05) is 26.1 Å². The number of hydrogen-bond acceptors (Lipinski definition) is 1. The van der Waals surface area contributed by atoms with E-state index in [-0.39, 0.29) is 0 Å². The van der Waals surface area contributed by atoms with Crippen LogP contribution in [0.2, 0.25) is 0 Å². The molecule has 0 aliphatic heterocycles. The molecule has 29 heavy (non-hydrogen) atoms. The van der Waals surface area contributed by atoms with Gasteiger partial charge in [0.05, 0.1) is 5.69 Å². The Hall–Kier alpha value is -3.45. The van der Waals surface area contributed by atoms with E-state index in [0.717, 1.165) is 5.69 Å². The maximum Gasteiger partial charge on any atom is 0.0708 e. The van der Waals surface area contributed by atoms with Crippen LogP contribution in [0.4, 0.5) is 0 Å². The Morgan fingerprint density at radius 3 is 1.79 bits per heavy atom. The molecule has 0 unspecified atom stereocenters. The van der Waals surface area contributed by atoms with E-state index in [4.69, 9.17) is 0 Å². The fourth-order valence-corrected chi connectivity index (χ4v) is 3.99. The fraction of sp³-hybridized carbons (Fsp3) is 0.107. The van der Waals surface area contributed by atoms with Crippen LogP contribution in [0.5, 0.6) is 0 Å². The third-order valence-corrected chi connectivity index (χ3v) is 5.26. The number of aryl methyl sites for hydroxylation is 1. The molecule has 0 fully saturated rings. The van der Waals surface area contributed by atoms with E-state index in [0.29, 0.717) is 0 Å². The standard InChI is InChI=1S/C26H19N.C2H6/c1-18-13-14-19-8-2-4-10-21(19)25(18)26-22-11-5-3-9-20(22)15-16-23(26)24-12-6-7-17-27-24;1-2/h2-17H,1H3;1-2H3. The zero-order valence-electron chi connectivity index (χ0n) is 17.2. The van der Waals surface area contributed by atoms with Crippen molar-refractivity contribution in [1.82, 2.24) is 4.98 Å². The highest BCUT2D eigenvalue weighted by molar-refractivity contribution is 6.11. The van der Waals surface area contributed by atoms with E-state index >= 15 is 0 Å². The van der Waals surface area contributed by atoms with Gasteiger partial charge in [-0.3, -0.25) is 4.98 Å². The molecule has 0 radical (unpaired) electrons. The van der Waals surface area contributed by atoms with Gasteiger partial charge in [-0.25, -0.2) is 0 Å². The number of rotatable bonds is 2. The molecule has 1 aromatic heterocycles. The van der Waals surface area contributed by atoms with Crippen LogP contribution >= 0.6 is 0 Å². The molecule has 0 amide bonds. The van der Waals surface area contributed by atoms with Crippen LogP contribution in [0, 0.1) is 6.92 Å². The third kappa shape index (κ3) is 3.40. The summed E-state index contributed by atoms with van der Waals surface area (Å²) in [5.74, 6) is 0. The van der Waals surface area contributed by atoms with Crippen LogP contribution in [0.1, 0.15) is 19.4 Å². The topological polar surface area (TPSA) is 12.9 Å². The molecule has 5 rings (SSSR count). The molecule has 0 spiro atoms. The van der Waals surface area contributed by atoms with E-state index in [2.05, 4.69) is 96.8 Å². The average Bonchev–Trinajstić information content (AvgIpc) is 2.80. The van der Waals surface area contributed by atoms with Gasteiger partial charge < -0.3 is 0 Å². The van der Waals surface area contributed by atoms with Crippen LogP contribution in [0.15, 0.2) is 97.2 Å². The molecule has 142 valence electrons. The van der Waals surface area contributed by atoms with Gasteiger partial charge in [0.2, 0.25) is 0 Å². The Morgan fingerprint density at radius 1 is 0.552 bits per heavy atom. The first-order valence-corrected chi connectivity index (χ1v) is 10.2. The van der Waals surface area contributed by atoms with Crippen molar-refractivity contribution in [3.63, 3.8) is 0 Å². The number of benzene rings is 4. The molecule has 1 heteroatoms. The van der Waals surface area contributed by atoms with Gasteiger partial charge >= 0.3 is 0 Å². The second-order valence-corrected chi connectivity index (χ2v) is 6.90. The van der Waals surface area contributed by atoms with Gasteiger partial charge in [-0.05, 0) is 57.3 Å². The first kappa shape index (κ1) is 18.9. The van der Waals surface area contributed by atoms with Crippen LogP contribution < -0.4 is 0 Å². The van der Waals surface area contributed by atoms with Crippen molar-refractivity contribution < 1.29 is 0 Å². The molecule has 5 aromatic rings. The predicted octanol–water partition coefficient (Wildman–Crippen LogP) is 8.06. The average molecular weight is 376 g/mol. The summed E-state index contributed by atoms with van der Waals surface area (Å²) in [6, 6.07) is 32.2. The fourth-order valence-electron chi connectivity index (χ4n) is 3.99. The SMILES string of the molecule is CC.Cc1ccc2ccccc2c1-c1c(-c2ccccn2)ccc2ccccc12. The number of hydrogen-bond donors (Lipinski definition) is 0. The largest absolute Gasteiger partial charge is 0.256 e. The van der Waals surface area contributed by atoms with Crippen molar-refractivity contribution in [3.05, 3.63) is 103 Å². The maximum atomic E-state index is 4.65. The Kier molecular flexibility index (Phi) is 5.39. The Bertz CT molecular complexity index is 1270. The van der Waals surface area contributed by atoms with Crippen LogP contribution in [0.25, 0.3) is 43.9 Å². The minimum Gasteiger partial charge on any atom is -0.256 e. The summed E-state index contributed by atoms with van der Waals surface area (Å²) in [4.78, 5) is 4.65. The monoisotopic (exact) mass is 375 g/mol. The van der Waals surface area contributed by atoms with Gasteiger partial charge in [0.1, 0.15) is 0 Å². The van der Waals surface area contributed by atoms with Gasteiger partial charge in [-0.2, -0.15) is 0 Å². The molecule has 0 atom stereocenters. The highest BCUT2D eigenvalue weighted by Gasteiger charge is 2.16. The van der Waals surface area contributed by atoms with Gasteiger partial charge in [0.15, 0.2) is 0 Å². The minimum absolute atomic E-state index is 1.01. The molecule has 0 aliphatic rings. The molecule has 1 heterocycles.